The van der Waals surface area contributed by atoms with E-state index in [0.717, 1.165) is 5.56 Å². The Hall–Kier alpha value is -2.45. The number of ether oxygens (including phenoxy) is 1. The van der Waals surface area contributed by atoms with Gasteiger partial charge in [-0.2, -0.15) is 13.2 Å². The minimum atomic E-state index is -5.02. The Morgan fingerprint density at radius 1 is 1.35 bits per heavy atom. The predicted molar refractivity (Wildman–Crippen MR) is 87.5 cm³/mol. The lowest BCUT2D eigenvalue weighted by Gasteiger charge is -2.49. The Morgan fingerprint density at radius 3 is 2.58 bits per heavy atom. The van der Waals surface area contributed by atoms with Crippen LogP contribution >= 0.6 is 0 Å². The highest BCUT2D eigenvalue weighted by molar-refractivity contribution is 5.89. The molecular formula is C17H20F3N3O3. The van der Waals surface area contributed by atoms with Crippen LogP contribution in [-0.4, -0.2) is 54.5 Å². The van der Waals surface area contributed by atoms with Crippen LogP contribution in [0.2, 0.25) is 0 Å². The number of rotatable bonds is 1. The summed E-state index contributed by atoms with van der Waals surface area (Å²) in [7, 11) is 1.48. The van der Waals surface area contributed by atoms with E-state index in [-0.39, 0.29) is 6.54 Å². The molecule has 2 heterocycles. The second-order valence-electron chi connectivity index (χ2n) is 7.29. The average molecular weight is 371 g/mol. The van der Waals surface area contributed by atoms with Crippen LogP contribution in [0.5, 0.6) is 5.75 Å². The molecule has 0 radical (unpaired) electrons. The van der Waals surface area contributed by atoms with Gasteiger partial charge in [0.2, 0.25) is 5.91 Å². The lowest BCUT2D eigenvalue weighted by Crippen LogP contribution is -2.60. The van der Waals surface area contributed by atoms with E-state index in [0.29, 0.717) is 28.4 Å². The highest BCUT2D eigenvalue weighted by Crippen LogP contribution is 2.44. The fourth-order valence-electron chi connectivity index (χ4n) is 3.76. The van der Waals surface area contributed by atoms with Gasteiger partial charge in [0.05, 0.1) is 18.8 Å². The molecule has 3 rings (SSSR count). The molecule has 2 aliphatic rings. The minimum Gasteiger partial charge on any atom is -0.495 e. The number of methoxy groups -OCH3 is 1. The second kappa shape index (κ2) is 5.78. The summed E-state index contributed by atoms with van der Waals surface area (Å²) >= 11 is 0. The van der Waals surface area contributed by atoms with Crippen LogP contribution in [0.15, 0.2) is 12.1 Å². The minimum absolute atomic E-state index is 0.223. The Labute approximate surface area is 148 Å². The van der Waals surface area contributed by atoms with Gasteiger partial charge in [0.1, 0.15) is 12.3 Å². The van der Waals surface area contributed by atoms with E-state index < -0.39 is 36.0 Å². The van der Waals surface area contributed by atoms with E-state index in [1.807, 2.05) is 13.8 Å². The summed E-state index contributed by atoms with van der Waals surface area (Å²) < 4.78 is 43.7. The summed E-state index contributed by atoms with van der Waals surface area (Å²) in [6.07, 6.45) is -5.02. The third kappa shape index (κ3) is 2.85. The molecule has 0 bridgehead atoms. The summed E-state index contributed by atoms with van der Waals surface area (Å²) in [6.45, 7) is 3.42. The molecule has 0 saturated carbocycles. The molecule has 1 aromatic rings. The van der Waals surface area contributed by atoms with Crippen molar-refractivity contribution in [2.45, 2.75) is 31.5 Å². The van der Waals surface area contributed by atoms with E-state index in [1.165, 1.54) is 12.0 Å². The zero-order valence-corrected chi connectivity index (χ0v) is 14.7. The number of alkyl halides is 3. The van der Waals surface area contributed by atoms with Crippen LogP contribution < -0.4 is 10.5 Å². The molecule has 9 heteroatoms. The molecule has 0 aromatic heterocycles. The van der Waals surface area contributed by atoms with E-state index in [1.54, 1.807) is 12.1 Å². The first kappa shape index (κ1) is 18.3. The monoisotopic (exact) mass is 371 g/mol. The number of anilines is 1. The van der Waals surface area contributed by atoms with Gasteiger partial charge in [-0.05, 0) is 23.3 Å². The molecule has 1 atom stereocenters. The largest absolute Gasteiger partial charge is 0.495 e. The fourth-order valence-corrected chi connectivity index (χ4v) is 3.76. The number of benzene rings is 1. The molecule has 6 nitrogen and oxygen atoms in total. The summed E-state index contributed by atoms with van der Waals surface area (Å²) in [4.78, 5) is 26.2. The van der Waals surface area contributed by atoms with Crippen molar-refractivity contribution in [1.82, 2.24) is 9.80 Å². The molecule has 1 saturated heterocycles. The van der Waals surface area contributed by atoms with Crippen molar-refractivity contribution < 1.29 is 27.5 Å². The predicted octanol–water partition coefficient (Wildman–Crippen LogP) is 1.84. The van der Waals surface area contributed by atoms with Crippen molar-refractivity contribution in [2.75, 3.05) is 32.5 Å². The lowest BCUT2D eigenvalue weighted by molar-refractivity contribution is -0.189. The molecule has 142 valence electrons. The topological polar surface area (TPSA) is 75.9 Å². The van der Waals surface area contributed by atoms with Crippen molar-refractivity contribution in [3.63, 3.8) is 0 Å². The van der Waals surface area contributed by atoms with Crippen molar-refractivity contribution in [1.29, 1.82) is 0 Å². The number of hydrogen-bond donors (Lipinski definition) is 1. The third-order valence-electron chi connectivity index (χ3n) is 5.00. The number of carbonyl (C=O) groups excluding carboxylic acids is 2. The van der Waals surface area contributed by atoms with Crippen LogP contribution in [0.4, 0.5) is 18.9 Å². The molecule has 2 aliphatic heterocycles. The van der Waals surface area contributed by atoms with Gasteiger partial charge in [-0.25, -0.2) is 0 Å². The smallest absolute Gasteiger partial charge is 0.471 e. The maximum Gasteiger partial charge on any atom is 0.471 e. The van der Waals surface area contributed by atoms with Crippen molar-refractivity contribution in [2.24, 2.45) is 0 Å². The zero-order chi connectivity index (χ0) is 19.4. The number of carbonyl (C=O) groups is 2. The van der Waals surface area contributed by atoms with Crippen LogP contribution in [-0.2, 0) is 15.0 Å². The Morgan fingerprint density at radius 2 is 2.00 bits per heavy atom. The van der Waals surface area contributed by atoms with Gasteiger partial charge in [0, 0.05) is 18.5 Å². The molecule has 26 heavy (non-hydrogen) atoms. The van der Waals surface area contributed by atoms with Gasteiger partial charge in [0.15, 0.2) is 0 Å². The Bertz CT molecular complexity index is 776. The number of nitrogens with zero attached hydrogens (tertiary/aromatic N) is 2. The normalized spacial score (nSPS) is 21.9. The van der Waals surface area contributed by atoms with E-state index in [9.17, 15) is 22.8 Å². The van der Waals surface area contributed by atoms with E-state index >= 15 is 0 Å². The molecular weight excluding hydrogens is 351 g/mol. The summed E-state index contributed by atoms with van der Waals surface area (Å²) in [5, 5.41) is 0. The van der Waals surface area contributed by atoms with Crippen LogP contribution in [0.3, 0.4) is 0 Å². The second-order valence-corrected chi connectivity index (χ2v) is 7.29. The number of halogens is 3. The number of piperazine rings is 1. The quantitative estimate of drug-likeness (QED) is 0.765. The lowest BCUT2D eigenvalue weighted by atomic mass is 9.74. The van der Waals surface area contributed by atoms with Crippen LogP contribution in [0.1, 0.15) is 31.0 Å². The number of hydrogen-bond acceptors (Lipinski definition) is 4. The number of nitrogens with two attached hydrogens (primary N) is 1. The molecule has 0 spiro atoms. The summed E-state index contributed by atoms with van der Waals surface area (Å²) in [5.41, 5.74) is 7.36. The van der Waals surface area contributed by atoms with Crippen molar-refractivity contribution in [3.8, 4) is 5.75 Å². The molecule has 2 amide bonds. The summed E-state index contributed by atoms with van der Waals surface area (Å²) in [6, 6.07) is 2.72. The average Bonchev–Trinajstić information content (AvgIpc) is 2.53. The summed E-state index contributed by atoms with van der Waals surface area (Å²) in [5.74, 6) is -2.04. The maximum atomic E-state index is 12.8. The van der Waals surface area contributed by atoms with Gasteiger partial charge in [-0.15, -0.1) is 0 Å². The van der Waals surface area contributed by atoms with Gasteiger partial charge < -0.3 is 20.3 Å². The first-order valence-corrected chi connectivity index (χ1v) is 8.09. The third-order valence-corrected chi connectivity index (χ3v) is 5.00. The number of nitrogen functional groups attached to an aromatic ring is 1. The number of fused-ring (bicyclic) bond motifs is 3. The van der Waals surface area contributed by atoms with Crippen LogP contribution in [0, 0.1) is 0 Å². The first-order chi connectivity index (χ1) is 12.0. The standard InChI is InChI=1S/C17H20F3N3O3/c1-16(2)8-23-12(9-4-11(21)13(26-3)5-10(9)16)6-22(7-14(23)24)15(25)17(18,19)20/h4-5,12H,6-8,21H2,1-3H3. The Balaban J connectivity index is 2.07. The van der Waals surface area contributed by atoms with Gasteiger partial charge in [0.25, 0.3) is 0 Å². The first-order valence-electron chi connectivity index (χ1n) is 8.09. The molecule has 2 N–H and O–H groups in total. The van der Waals surface area contributed by atoms with E-state index in [2.05, 4.69) is 0 Å². The molecule has 0 aliphatic carbocycles. The van der Waals surface area contributed by atoms with Crippen LogP contribution in [0.25, 0.3) is 0 Å². The Kier molecular flexibility index (Phi) is 4.08. The van der Waals surface area contributed by atoms with Crippen molar-refractivity contribution >= 4 is 17.5 Å². The zero-order valence-electron chi connectivity index (χ0n) is 14.7. The van der Waals surface area contributed by atoms with Gasteiger partial charge >= 0.3 is 12.1 Å². The highest BCUT2D eigenvalue weighted by Gasteiger charge is 2.49. The molecule has 1 aromatic carbocycles. The molecule has 1 unspecified atom stereocenters. The maximum absolute atomic E-state index is 12.8. The van der Waals surface area contributed by atoms with Crippen molar-refractivity contribution in [3.05, 3.63) is 23.3 Å². The highest BCUT2D eigenvalue weighted by atomic mass is 19.4. The van der Waals surface area contributed by atoms with Gasteiger partial charge in [-0.1, -0.05) is 13.8 Å². The SMILES string of the molecule is COc1cc2c(cc1N)C1CN(C(=O)C(F)(F)F)CC(=O)N1CC2(C)C. The molecule has 1 fully saturated rings. The number of amides is 2. The fraction of sp³-hybridized carbons (Fsp3) is 0.529. The van der Waals surface area contributed by atoms with E-state index in [4.69, 9.17) is 10.5 Å². The van der Waals surface area contributed by atoms with Gasteiger partial charge in [-0.3, -0.25) is 9.59 Å².